The Labute approximate surface area is 121 Å². The van der Waals surface area contributed by atoms with Crippen molar-refractivity contribution in [1.29, 1.82) is 0 Å². The minimum atomic E-state index is -4.70. The van der Waals surface area contributed by atoms with E-state index in [1.807, 2.05) is 0 Å². The average molecular weight is 310 g/mol. The molecule has 0 aromatic carbocycles. The van der Waals surface area contributed by atoms with E-state index in [4.69, 9.17) is 4.74 Å². The van der Waals surface area contributed by atoms with E-state index in [1.54, 1.807) is 20.8 Å². The Morgan fingerprint density at radius 3 is 2.62 bits per heavy atom. The van der Waals surface area contributed by atoms with Crippen molar-refractivity contribution < 1.29 is 27.4 Å². The highest BCUT2D eigenvalue weighted by Crippen LogP contribution is 2.38. The lowest BCUT2D eigenvalue weighted by molar-refractivity contribution is -0.332. The van der Waals surface area contributed by atoms with E-state index in [0.29, 0.717) is 19.4 Å². The molecule has 5 nitrogen and oxygen atoms in total. The van der Waals surface area contributed by atoms with E-state index in [2.05, 4.69) is 10.1 Å². The molecule has 0 aromatic heterocycles. The van der Waals surface area contributed by atoms with Crippen LogP contribution in [0.4, 0.5) is 18.0 Å². The van der Waals surface area contributed by atoms with E-state index < -0.39 is 30.2 Å². The Morgan fingerprint density at radius 2 is 2.05 bits per heavy atom. The molecule has 0 saturated carbocycles. The Bertz CT molecular complexity index is 404. The van der Waals surface area contributed by atoms with Gasteiger partial charge in [0.1, 0.15) is 5.60 Å². The van der Waals surface area contributed by atoms with Gasteiger partial charge >= 0.3 is 12.5 Å². The van der Waals surface area contributed by atoms with Crippen molar-refractivity contribution in [2.75, 3.05) is 19.7 Å². The highest BCUT2D eigenvalue weighted by Gasteiger charge is 2.54. The first-order valence-corrected chi connectivity index (χ1v) is 6.96. The molecule has 8 heteroatoms. The van der Waals surface area contributed by atoms with Gasteiger partial charge in [-0.15, -0.1) is 13.2 Å². The third-order valence-corrected chi connectivity index (χ3v) is 3.75. The number of carbonyl (C=O) groups is 1. The molecular weight excluding hydrogens is 289 g/mol. The van der Waals surface area contributed by atoms with E-state index in [-0.39, 0.29) is 12.6 Å². The largest absolute Gasteiger partial charge is 0.522 e. The summed E-state index contributed by atoms with van der Waals surface area (Å²) in [6, 6.07) is -0.148. The molecule has 2 atom stereocenters. The summed E-state index contributed by atoms with van der Waals surface area (Å²) in [4.78, 5) is 13.8. The summed E-state index contributed by atoms with van der Waals surface area (Å²) >= 11 is 0. The van der Waals surface area contributed by atoms with E-state index in [0.717, 1.165) is 0 Å². The first-order chi connectivity index (χ1) is 9.53. The van der Waals surface area contributed by atoms with E-state index in [9.17, 15) is 18.0 Å². The maximum Gasteiger partial charge on any atom is 0.522 e. The Balaban J connectivity index is 2.15. The number of amides is 1. The highest BCUT2D eigenvalue weighted by molar-refractivity contribution is 5.70. The molecule has 2 bridgehead atoms. The van der Waals surface area contributed by atoms with Gasteiger partial charge in [-0.3, -0.25) is 9.64 Å². The molecule has 0 spiro atoms. The SMILES string of the molecule is CC(C)(C)OC(=O)N1[C@H]2CC[C@]1(COC(F)(F)F)CNC2. The quantitative estimate of drug-likeness (QED) is 0.850. The number of halogens is 3. The van der Waals surface area contributed by atoms with Crippen molar-refractivity contribution in [2.45, 2.75) is 57.2 Å². The van der Waals surface area contributed by atoms with Gasteiger partial charge in [0.25, 0.3) is 0 Å². The molecule has 0 radical (unpaired) electrons. The molecule has 1 amide bonds. The summed E-state index contributed by atoms with van der Waals surface area (Å²) < 4.78 is 46.4. The van der Waals surface area contributed by atoms with Crippen LogP contribution < -0.4 is 5.32 Å². The summed E-state index contributed by atoms with van der Waals surface area (Å²) in [5.41, 5.74) is -1.67. The number of piperazine rings is 1. The zero-order valence-corrected chi connectivity index (χ0v) is 12.4. The van der Waals surface area contributed by atoms with Crippen LogP contribution in [0.2, 0.25) is 0 Å². The van der Waals surface area contributed by atoms with Gasteiger partial charge in [0.15, 0.2) is 0 Å². The smallest absolute Gasteiger partial charge is 0.444 e. The monoisotopic (exact) mass is 310 g/mol. The summed E-state index contributed by atoms with van der Waals surface area (Å²) in [6.07, 6.45) is -4.16. The molecule has 21 heavy (non-hydrogen) atoms. The second-order valence-corrected chi connectivity index (χ2v) is 6.63. The van der Waals surface area contributed by atoms with E-state index in [1.165, 1.54) is 4.90 Å². The fourth-order valence-electron chi connectivity index (χ4n) is 2.97. The molecule has 2 fully saturated rings. The zero-order valence-electron chi connectivity index (χ0n) is 12.4. The molecule has 2 heterocycles. The van der Waals surface area contributed by atoms with Gasteiger partial charge in [0, 0.05) is 19.1 Å². The predicted octanol–water partition coefficient (Wildman–Crippen LogP) is 2.26. The van der Waals surface area contributed by atoms with Crippen LogP contribution in [-0.2, 0) is 9.47 Å². The lowest BCUT2D eigenvalue weighted by Gasteiger charge is -2.45. The summed E-state index contributed by atoms with van der Waals surface area (Å²) in [7, 11) is 0. The van der Waals surface area contributed by atoms with Gasteiger partial charge in [-0.1, -0.05) is 0 Å². The van der Waals surface area contributed by atoms with Crippen LogP contribution >= 0.6 is 0 Å². The number of fused-ring (bicyclic) bond motifs is 2. The molecule has 122 valence electrons. The average Bonchev–Trinajstić information content (AvgIpc) is 2.52. The van der Waals surface area contributed by atoms with Crippen molar-refractivity contribution >= 4 is 6.09 Å². The number of ether oxygens (including phenoxy) is 2. The third kappa shape index (κ3) is 3.79. The van der Waals surface area contributed by atoms with Crippen LogP contribution in [-0.4, -0.2) is 54.2 Å². The lowest BCUT2D eigenvalue weighted by atomic mass is 9.97. The summed E-state index contributed by atoms with van der Waals surface area (Å²) in [5, 5.41) is 3.07. The molecule has 2 saturated heterocycles. The van der Waals surface area contributed by atoms with Gasteiger partial charge in [-0.25, -0.2) is 4.79 Å². The number of nitrogens with one attached hydrogen (secondary N) is 1. The predicted molar refractivity (Wildman–Crippen MR) is 68.7 cm³/mol. The number of carbonyl (C=O) groups excluding carboxylic acids is 1. The van der Waals surface area contributed by atoms with Gasteiger partial charge in [-0.05, 0) is 33.6 Å². The lowest BCUT2D eigenvalue weighted by Crippen LogP contribution is -2.65. The van der Waals surface area contributed by atoms with Crippen LogP contribution in [0, 0.1) is 0 Å². The van der Waals surface area contributed by atoms with Crippen LogP contribution in [0.5, 0.6) is 0 Å². The molecule has 1 N–H and O–H groups in total. The van der Waals surface area contributed by atoms with Crippen LogP contribution in [0.15, 0.2) is 0 Å². The van der Waals surface area contributed by atoms with Gasteiger partial charge in [0.05, 0.1) is 12.1 Å². The number of nitrogens with zero attached hydrogens (tertiary/aromatic N) is 1. The molecule has 2 aliphatic heterocycles. The molecule has 0 aromatic rings. The minimum absolute atomic E-state index is 0.148. The number of hydrogen-bond acceptors (Lipinski definition) is 4. The number of alkyl halides is 3. The van der Waals surface area contributed by atoms with Gasteiger partial charge < -0.3 is 10.1 Å². The van der Waals surface area contributed by atoms with Crippen molar-refractivity contribution in [3.63, 3.8) is 0 Å². The number of rotatable bonds is 2. The van der Waals surface area contributed by atoms with Crippen LogP contribution in [0.25, 0.3) is 0 Å². The molecule has 0 aliphatic carbocycles. The Hall–Kier alpha value is -1.02. The topological polar surface area (TPSA) is 50.8 Å². The van der Waals surface area contributed by atoms with Crippen molar-refractivity contribution in [3.8, 4) is 0 Å². The van der Waals surface area contributed by atoms with Gasteiger partial charge in [-0.2, -0.15) is 0 Å². The van der Waals surface area contributed by atoms with Crippen molar-refractivity contribution in [2.24, 2.45) is 0 Å². The Morgan fingerprint density at radius 1 is 1.38 bits per heavy atom. The maximum absolute atomic E-state index is 12.4. The van der Waals surface area contributed by atoms with Crippen LogP contribution in [0.1, 0.15) is 33.6 Å². The number of hydrogen-bond donors (Lipinski definition) is 1. The fourth-order valence-corrected chi connectivity index (χ4v) is 2.97. The molecule has 0 unspecified atom stereocenters. The summed E-state index contributed by atoms with van der Waals surface area (Å²) in [5.74, 6) is 0. The van der Waals surface area contributed by atoms with Crippen molar-refractivity contribution in [1.82, 2.24) is 10.2 Å². The standard InChI is InChI=1S/C13H21F3N2O3/c1-11(2,3)21-10(19)18-9-4-5-12(18,7-17-6-9)8-20-13(14,15)16/h9,17H,4-8H2,1-3H3/t9-,12+/m0/s1. The normalized spacial score (nSPS) is 29.6. The highest BCUT2D eigenvalue weighted by atomic mass is 19.4. The Kier molecular flexibility index (Phi) is 4.14. The maximum atomic E-state index is 12.4. The van der Waals surface area contributed by atoms with Crippen molar-refractivity contribution in [3.05, 3.63) is 0 Å². The second kappa shape index (κ2) is 5.31. The zero-order chi connectivity index (χ0) is 15.9. The van der Waals surface area contributed by atoms with E-state index >= 15 is 0 Å². The molecule has 2 rings (SSSR count). The summed E-state index contributed by atoms with van der Waals surface area (Å²) in [6.45, 7) is 5.46. The first kappa shape index (κ1) is 16.4. The minimum Gasteiger partial charge on any atom is -0.444 e. The van der Waals surface area contributed by atoms with Gasteiger partial charge in [0.2, 0.25) is 0 Å². The molecular formula is C13H21F3N2O3. The molecule has 2 aliphatic rings. The first-order valence-electron chi connectivity index (χ1n) is 6.96. The third-order valence-electron chi connectivity index (χ3n) is 3.75. The second-order valence-electron chi connectivity index (χ2n) is 6.63. The van der Waals surface area contributed by atoms with Crippen LogP contribution in [0.3, 0.4) is 0 Å². The fraction of sp³-hybridized carbons (Fsp3) is 0.923.